The van der Waals surface area contributed by atoms with E-state index in [2.05, 4.69) is 10.3 Å². The summed E-state index contributed by atoms with van der Waals surface area (Å²) in [6, 6.07) is 21.0. The number of carbonyl (C=O) groups is 1. The quantitative estimate of drug-likeness (QED) is 0.399. The van der Waals surface area contributed by atoms with Gasteiger partial charge in [-0.2, -0.15) is 0 Å². The smallest absolute Gasteiger partial charge is 0.257 e. The number of methoxy groups -OCH3 is 1. The lowest BCUT2D eigenvalue weighted by Crippen LogP contribution is -2.26. The van der Waals surface area contributed by atoms with Gasteiger partial charge in [-0.25, -0.2) is 14.4 Å². The van der Waals surface area contributed by atoms with E-state index in [1.54, 1.807) is 23.8 Å². The molecule has 5 aromatic rings. The number of hydrogen-bond acceptors (Lipinski definition) is 5. The normalized spacial score (nSPS) is 11.1. The van der Waals surface area contributed by atoms with Gasteiger partial charge in [-0.3, -0.25) is 9.36 Å². The second-order valence-corrected chi connectivity index (χ2v) is 7.81. The number of ether oxygens (including phenoxy) is 1. The second kappa shape index (κ2) is 8.82. The minimum absolute atomic E-state index is 0.151. The van der Waals surface area contributed by atoms with Gasteiger partial charge in [0.05, 0.1) is 23.8 Å². The Morgan fingerprint density at radius 2 is 1.76 bits per heavy atom. The minimum atomic E-state index is -0.419. The highest BCUT2D eigenvalue weighted by atomic mass is 19.1. The van der Waals surface area contributed by atoms with Gasteiger partial charge < -0.3 is 15.8 Å². The zero-order valence-electron chi connectivity index (χ0n) is 18.5. The fourth-order valence-electron chi connectivity index (χ4n) is 3.96. The van der Waals surface area contributed by atoms with Crippen LogP contribution in [0.25, 0.3) is 27.9 Å². The minimum Gasteiger partial charge on any atom is -0.497 e. The van der Waals surface area contributed by atoms with Crippen LogP contribution in [0.15, 0.2) is 72.8 Å². The average molecular weight is 455 g/mol. The standard InChI is InChI=1S/C26H22FN5O2/c1-34-19-11-9-16(10-12-19)13-14-29-26(33)22-23-25(31-21-8-3-2-7-20(21)30-23)32(24(22)28)18-6-4-5-17(27)15-18/h2-12,15H,13-14,28H2,1H3,(H,29,33). The lowest BCUT2D eigenvalue weighted by molar-refractivity contribution is 0.0956. The van der Waals surface area contributed by atoms with E-state index >= 15 is 0 Å². The number of benzene rings is 3. The number of fused-ring (bicyclic) bond motifs is 2. The van der Waals surface area contributed by atoms with Crippen molar-refractivity contribution >= 4 is 33.9 Å². The maximum absolute atomic E-state index is 14.0. The van der Waals surface area contributed by atoms with E-state index in [0.29, 0.717) is 40.9 Å². The number of amides is 1. The van der Waals surface area contributed by atoms with Crippen molar-refractivity contribution in [3.05, 3.63) is 89.7 Å². The largest absolute Gasteiger partial charge is 0.497 e. The number of nitrogen functional groups attached to an aromatic ring is 1. The van der Waals surface area contributed by atoms with Gasteiger partial charge in [0.15, 0.2) is 5.65 Å². The van der Waals surface area contributed by atoms with Gasteiger partial charge >= 0.3 is 0 Å². The molecule has 2 heterocycles. The van der Waals surface area contributed by atoms with E-state index in [9.17, 15) is 9.18 Å². The van der Waals surface area contributed by atoms with Crippen LogP contribution in [0.1, 0.15) is 15.9 Å². The molecule has 0 radical (unpaired) electrons. The van der Waals surface area contributed by atoms with Crippen molar-refractivity contribution in [1.82, 2.24) is 19.9 Å². The van der Waals surface area contributed by atoms with Crippen molar-refractivity contribution in [3.8, 4) is 11.4 Å². The van der Waals surface area contributed by atoms with Crippen molar-refractivity contribution in [2.75, 3.05) is 19.4 Å². The lowest BCUT2D eigenvalue weighted by Gasteiger charge is -2.08. The predicted molar refractivity (Wildman–Crippen MR) is 130 cm³/mol. The Kier molecular flexibility index (Phi) is 5.55. The molecule has 0 bridgehead atoms. The maximum atomic E-state index is 14.0. The Labute approximate surface area is 195 Å². The highest BCUT2D eigenvalue weighted by Crippen LogP contribution is 2.31. The van der Waals surface area contributed by atoms with Crippen LogP contribution in [-0.2, 0) is 6.42 Å². The molecule has 5 rings (SSSR count). The Hall–Kier alpha value is -4.46. The molecule has 0 aliphatic carbocycles. The molecule has 34 heavy (non-hydrogen) atoms. The number of halogens is 1. The van der Waals surface area contributed by atoms with Gasteiger partial charge in [-0.05, 0) is 54.4 Å². The van der Waals surface area contributed by atoms with E-state index in [4.69, 9.17) is 15.5 Å². The molecule has 0 fully saturated rings. The van der Waals surface area contributed by atoms with Crippen LogP contribution in [0.2, 0.25) is 0 Å². The summed E-state index contributed by atoms with van der Waals surface area (Å²) >= 11 is 0. The third kappa shape index (κ3) is 3.90. The summed E-state index contributed by atoms with van der Waals surface area (Å²) in [6.07, 6.45) is 0.632. The number of para-hydroxylation sites is 2. The van der Waals surface area contributed by atoms with Crippen LogP contribution in [0, 0.1) is 5.82 Å². The number of carbonyl (C=O) groups excluding carboxylic acids is 1. The van der Waals surface area contributed by atoms with Crippen LogP contribution in [0.3, 0.4) is 0 Å². The Bertz CT molecular complexity index is 1510. The van der Waals surface area contributed by atoms with E-state index < -0.39 is 5.82 Å². The molecule has 0 aliphatic heterocycles. The summed E-state index contributed by atoms with van der Waals surface area (Å²) < 4.78 is 20.7. The Morgan fingerprint density at radius 1 is 1.03 bits per heavy atom. The van der Waals surface area contributed by atoms with Crippen LogP contribution < -0.4 is 15.8 Å². The molecule has 7 nitrogen and oxygen atoms in total. The molecule has 0 spiro atoms. The lowest BCUT2D eigenvalue weighted by atomic mass is 10.1. The SMILES string of the molecule is COc1ccc(CCNC(=O)c2c(N)n(-c3cccc(F)c3)c3nc4ccccc4nc23)cc1. The maximum Gasteiger partial charge on any atom is 0.257 e. The summed E-state index contributed by atoms with van der Waals surface area (Å²) in [4.78, 5) is 22.6. The molecule has 2 aromatic heterocycles. The number of hydrogen-bond donors (Lipinski definition) is 2. The summed E-state index contributed by atoms with van der Waals surface area (Å²) in [5.74, 6) is 0.142. The molecule has 1 amide bonds. The molecular formula is C26H22FN5O2. The van der Waals surface area contributed by atoms with E-state index in [0.717, 1.165) is 11.3 Å². The number of rotatable bonds is 6. The summed E-state index contributed by atoms with van der Waals surface area (Å²) in [7, 11) is 1.62. The molecule has 3 N–H and O–H groups in total. The molecule has 8 heteroatoms. The van der Waals surface area contributed by atoms with Crippen LogP contribution in [0.4, 0.5) is 10.2 Å². The first kappa shape index (κ1) is 21.4. The third-order valence-corrected chi connectivity index (χ3v) is 5.65. The van der Waals surface area contributed by atoms with Gasteiger partial charge in [0.1, 0.15) is 28.5 Å². The number of nitrogens with one attached hydrogen (secondary N) is 1. The highest BCUT2D eigenvalue weighted by molar-refractivity contribution is 6.11. The van der Waals surface area contributed by atoms with Crippen LogP contribution in [0.5, 0.6) is 5.75 Å². The second-order valence-electron chi connectivity index (χ2n) is 7.81. The van der Waals surface area contributed by atoms with Gasteiger partial charge in [0.25, 0.3) is 5.91 Å². The molecule has 0 atom stereocenters. The first-order valence-corrected chi connectivity index (χ1v) is 10.8. The molecule has 0 saturated heterocycles. The fraction of sp³-hybridized carbons (Fsp3) is 0.115. The first-order valence-electron chi connectivity index (χ1n) is 10.8. The molecule has 0 unspecified atom stereocenters. The zero-order chi connectivity index (χ0) is 23.7. The van der Waals surface area contributed by atoms with Crippen molar-refractivity contribution in [2.24, 2.45) is 0 Å². The van der Waals surface area contributed by atoms with E-state index in [1.807, 2.05) is 48.5 Å². The van der Waals surface area contributed by atoms with Crippen molar-refractivity contribution in [1.29, 1.82) is 0 Å². The summed E-state index contributed by atoms with van der Waals surface area (Å²) in [5, 5.41) is 2.93. The van der Waals surface area contributed by atoms with Crippen molar-refractivity contribution in [2.45, 2.75) is 6.42 Å². The van der Waals surface area contributed by atoms with Gasteiger partial charge in [-0.15, -0.1) is 0 Å². The number of nitrogens with two attached hydrogens (primary N) is 1. The number of anilines is 1. The monoisotopic (exact) mass is 455 g/mol. The molecule has 170 valence electrons. The molecule has 3 aromatic carbocycles. The highest BCUT2D eigenvalue weighted by Gasteiger charge is 2.24. The predicted octanol–water partition coefficient (Wildman–Crippen LogP) is 4.28. The molecule has 0 saturated carbocycles. The number of nitrogens with zero attached hydrogens (tertiary/aromatic N) is 3. The Balaban J connectivity index is 1.53. The fourth-order valence-corrected chi connectivity index (χ4v) is 3.96. The van der Waals surface area contributed by atoms with E-state index in [-0.39, 0.29) is 17.3 Å². The third-order valence-electron chi connectivity index (χ3n) is 5.65. The summed E-state index contributed by atoms with van der Waals surface area (Å²) in [6.45, 7) is 0.401. The van der Waals surface area contributed by atoms with Crippen molar-refractivity contribution in [3.63, 3.8) is 0 Å². The average Bonchev–Trinajstić information content (AvgIpc) is 3.13. The van der Waals surface area contributed by atoms with Gasteiger partial charge in [0.2, 0.25) is 0 Å². The van der Waals surface area contributed by atoms with Crippen LogP contribution in [-0.4, -0.2) is 34.1 Å². The Morgan fingerprint density at radius 3 is 2.47 bits per heavy atom. The van der Waals surface area contributed by atoms with Gasteiger partial charge in [0, 0.05) is 6.54 Å². The first-order chi connectivity index (χ1) is 16.5. The van der Waals surface area contributed by atoms with Crippen molar-refractivity contribution < 1.29 is 13.9 Å². The topological polar surface area (TPSA) is 95.1 Å². The number of aromatic nitrogens is 3. The summed E-state index contributed by atoms with van der Waals surface area (Å²) in [5.41, 5.74) is 10.2. The molecule has 0 aliphatic rings. The molecular weight excluding hydrogens is 433 g/mol. The van der Waals surface area contributed by atoms with Crippen LogP contribution >= 0.6 is 0 Å². The zero-order valence-corrected chi connectivity index (χ0v) is 18.5. The van der Waals surface area contributed by atoms with E-state index in [1.165, 1.54) is 12.1 Å². The van der Waals surface area contributed by atoms with Gasteiger partial charge in [-0.1, -0.05) is 30.3 Å².